The van der Waals surface area contributed by atoms with Crippen molar-refractivity contribution in [2.45, 2.75) is 52.4 Å². The molecule has 1 fully saturated rings. The Hall–Kier alpha value is -1.17. The second-order valence-electron chi connectivity index (χ2n) is 5.94. The summed E-state index contributed by atoms with van der Waals surface area (Å²) in [5.41, 5.74) is 10.6. The van der Waals surface area contributed by atoms with Crippen molar-refractivity contribution >= 4 is 29.0 Å². The van der Waals surface area contributed by atoms with Crippen LogP contribution in [0.1, 0.15) is 52.4 Å². The quantitative estimate of drug-likeness (QED) is 0.698. The highest BCUT2D eigenvalue weighted by Gasteiger charge is 2.43. The summed E-state index contributed by atoms with van der Waals surface area (Å²) in [6.07, 6.45) is 4.55. The fourth-order valence-electron chi connectivity index (χ4n) is 3.24. The van der Waals surface area contributed by atoms with Crippen molar-refractivity contribution in [1.29, 1.82) is 0 Å². The summed E-state index contributed by atoms with van der Waals surface area (Å²) < 4.78 is 0. The van der Waals surface area contributed by atoms with E-state index in [0.717, 1.165) is 25.7 Å². The van der Waals surface area contributed by atoms with Crippen LogP contribution in [0.4, 0.5) is 0 Å². The molecule has 21 heavy (non-hydrogen) atoms. The zero-order valence-corrected chi connectivity index (χ0v) is 13.9. The molecule has 6 heteroatoms. The van der Waals surface area contributed by atoms with E-state index in [4.69, 9.17) is 23.7 Å². The summed E-state index contributed by atoms with van der Waals surface area (Å²) in [7, 11) is 0. The first-order chi connectivity index (χ1) is 9.89. The molecular formula is C15H27N3O2S. The predicted molar refractivity (Wildman–Crippen MR) is 87.5 cm³/mol. The van der Waals surface area contributed by atoms with Crippen molar-refractivity contribution in [3.05, 3.63) is 0 Å². The second-order valence-corrected chi connectivity index (χ2v) is 6.38. The van der Waals surface area contributed by atoms with Crippen LogP contribution in [0.15, 0.2) is 0 Å². The Morgan fingerprint density at radius 3 is 2.24 bits per heavy atom. The van der Waals surface area contributed by atoms with E-state index < -0.39 is 5.41 Å². The number of carbonyl (C=O) groups is 2. The SMILES string of the molecule is CCCC(CCC)(C(=O)N1CCCC(C(N)=O)C1)C(N)=S. The lowest BCUT2D eigenvalue weighted by Gasteiger charge is -2.39. The zero-order valence-electron chi connectivity index (χ0n) is 13.1. The van der Waals surface area contributed by atoms with E-state index >= 15 is 0 Å². The van der Waals surface area contributed by atoms with Gasteiger partial charge in [-0.3, -0.25) is 9.59 Å². The minimum absolute atomic E-state index is 0.0235. The van der Waals surface area contributed by atoms with Gasteiger partial charge >= 0.3 is 0 Å². The third-order valence-electron chi connectivity index (χ3n) is 4.35. The predicted octanol–water partition coefficient (Wildman–Crippen LogP) is 1.58. The lowest BCUT2D eigenvalue weighted by Crippen LogP contribution is -2.54. The summed E-state index contributed by atoms with van der Waals surface area (Å²) in [5, 5.41) is 0. The van der Waals surface area contributed by atoms with Gasteiger partial charge in [0.2, 0.25) is 11.8 Å². The lowest BCUT2D eigenvalue weighted by atomic mass is 9.77. The van der Waals surface area contributed by atoms with Crippen molar-refractivity contribution in [2.24, 2.45) is 22.8 Å². The highest BCUT2D eigenvalue weighted by atomic mass is 32.1. The number of nitrogens with two attached hydrogens (primary N) is 2. The van der Waals surface area contributed by atoms with Crippen LogP contribution < -0.4 is 11.5 Å². The van der Waals surface area contributed by atoms with Gasteiger partial charge < -0.3 is 16.4 Å². The van der Waals surface area contributed by atoms with Crippen molar-refractivity contribution < 1.29 is 9.59 Å². The monoisotopic (exact) mass is 313 g/mol. The number of thiocarbonyl (C=S) groups is 1. The van der Waals surface area contributed by atoms with Gasteiger partial charge in [0.15, 0.2) is 0 Å². The Morgan fingerprint density at radius 1 is 1.24 bits per heavy atom. The molecule has 120 valence electrons. The molecule has 0 radical (unpaired) electrons. The lowest BCUT2D eigenvalue weighted by molar-refractivity contribution is -0.142. The molecular weight excluding hydrogens is 286 g/mol. The van der Waals surface area contributed by atoms with E-state index in [1.165, 1.54) is 0 Å². The standard InChI is InChI=1S/C15H27N3O2S/c1-3-7-15(8-4-2,13(17)21)14(20)18-9-5-6-11(10-18)12(16)19/h11H,3-10H2,1-2H3,(H2,16,19)(H2,17,21). The molecule has 0 spiro atoms. The summed E-state index contributed by atoms with van der Waals surface area (Å²) >= 11 is 5.23. The number of rotatable bonds is 7. The van der Waals surface area contributed by atoms with Crippen LogP contribution in [0, 0.1) is 11.3 Å². The number of primary amides is 1. The first-order valence-electron chi connectivity index (χ1n) is 7.77. The fraction of sp³-hybridized carbons (Fsp3) is 0.800. The number of likely N-dealkylation sites (tertiary alicyclic amines) is 1. The zero-order chi connectivity index (χ0) is 16.0. The summed E-state index contributed by atoms with van der Waals surface area (Å²) in [4.78, 5) is 26.4. The Kier molecular flexibility index (Phi) is 6.58. The van der Waals surface area contributed by atoms with E-state index in [1.807, 2.05) is 13.8 Å². The molecule has 1 heterocycles. The van der Waals surface area contributed by atoms with Gasteiger partial charge in [-0.25, -0.2) is 0 Å². The number of nitrogens with zero attached hydrogens (tertiary/aromatic N) is 1. The van der Waals surface area contributed by atoms with Crippen molar-refractivity contribution in [3.63, 3.8) is 0 Å². The summed E-state index contributed by atoms with van der Waals surface area (Å²) in [6, 6.07) is 0. The molecule has 1 rings (SSSR count). The Bertz CT molecular complexity index is 406. The van der Waals surface area contributed by atoms with Crippen LogP contribution >= 0.6 is 12.2 Å². The number of hydrogen-bond acceptors (Lipinski definition) is 3. The van der Waals surface area contributed by atoms with Crippen LogP contribution in [0.25, 0.3) is 0 Å². The van der Waals surface area contributed by atoms with E-state index in [2.05, 4.69) is 0 Å². The molecule has 0 aliphatic carbocycles. The highest BCUT2D eigenvalue weighted by Crippen LogP contribution is 2.34. The van der Waals surface area contributed by atoms with Gasteiger partial charge in [-0.05, 0) is 25.7 Å². The Balaban J connectivity index is 2.98. The Labute approximate surface area is 132 Å². The van der Waals surface area contributed by atoms with Gasteiger partial charge in [-0.2, -0.15) is 0 Å². The molecule has 0 aromatic rings. The molecule has 2 amide bonds. The molecule has 4 N–H and O–H groups in total. The normalized spacial score (nSPS) is 19.3. The molecule has 1 aliphatic rings. The molecule has 1 saturated heterocycles. The third-order valence-corrected chi connectivity index (χ3v) is 4.74. The first kappa shape index (κ1) is 17.9. The molecule has 5 nitrogen and oxygen atoms in total. The molecule has 0 aromatic heterocycles. The molecule has 0 aromatic carbocycles. The summed E-state index contributed by atoms with van der Waals surface area (Å²) in [6.45, 7) is 5.10. The smallest absolute Gasteiger partial charge is 0.235 e. The third kappa shape index (κ3) is 3.93. The van der Waals surface area contributed by atoms with Crippen LogP contribution in [0.2, 0.25) is 0 Å². The van der Waals surface area contributed by atoms with Crippen molar-refractivity contribution in [2.75, 3.05) is 13.1 Å². The van der Waals surface area contributed by atoms with Gasteiger partial charge in [0.25, 0.3) is 0 Å². The van der Waals surface area contributed by atoms with E-state index in [1.54, 1.807) is 4.90 Å². The topological polar surface area (TPSA) is 89.4 Å². The number of amides is 2. The maximum atomic E-state index is 13.0. The fourth-order valence-corrected chi connectivity index (χ4v) is 3.53. The largest absolute Gasteiger partial charge is 0.392 e. The Morgan fingerprint density at radius 2 is 1.81 bits per heavy atom. The van der Waals surface area contributed by atoms with E-state index in [9.17, 15) is 9.59 Å². The van der Waals surface area contributed by atoms with Crippen LogP contribution in [0.5, 0.6) is 0 Å². The van der Waals surface area contributed by atoms with Gasteiger partial charge in [-0.15, -0.1) is 0 Å². The minimum atomic E-state index is -0.766. The minimum Gasteiger partial charge on any atom is -0.392 e. The number of carbonyl (C=O) groups excluding carboxylic acids is 2. The van der Waals surface area contributed by atoms with Gasteiger partial charge in [0.05, 0.1) is 16.3 Å². The molecule has 1 unspecified atom stereocenters. The van der Waals surface area contributed by atoms with E-state index in [-0.39, 0.29) is 22.7 Å². The summed E-state index contributed by atoms with van der Waals surface area (Å²) in [5.74, 6) is -0.612. The highest BCUT2D eigenvalue weighted by molar-refractivity contribution is 7.80. The average molecular weight is 313 g/mol. The van der Waals surface area contributed by atoms with E-state index in [0.29, 0.717) is 25.9 Å². The average Bonchev–Trinajstić information content (AvgIpc) is 2.46. The van der Waals surface area contributed by atoms with Crippen molar-refractivity contribution in [3.8, 4) is 0 Å². The van der Waals surface area contributed by atoms with Crippen LogP contribution in [-0.2, 0) is 9.59 Å². The van der Waals surface area contributed by atoms with Crippen molar-refractivity contribution in [1.82, 2.24) is 4.90 Å². The van der Waals surface area contributed by atoms with Gasteiger partial charge in [0.1, 0.15) is 0 Å². The van der Waals surface area contributed by atoms with Gasteiger partial charge in [0, 0.05) is 13.1 Å². The first-order valence-corrected chi connectivity index (χ1v) is 8.18. The molecule has 0 bridgehead atoms. The van der Waals surface area contributed by atoms with Gasteiger partial charge in [-0.1, -0.05) is 38.9 Å². The maximum Gasteiger partial charge on any atom is 0.235 e. The second kappa shape index (κ2) is 7.73. The molecule has 1 atom stereocenters. The number of piperidine rings is 1. The maximum absolute atomic E-state index is 13.0. The molecule has 0 saturated carbocycles. The van der Waals surface area contributed by atoms with Crippen LogP contribution in [0.3, 0.4) is 0 Å². The van der Waals surface area contributed by atoms with Crippen LogP contribution in [-0.4, -0.2) is 34.8 Å². The number of hydrogen-bond donors (Lipinski definition) is 2. The molecule has 1 aliphatic heterocycles.